The maximum atomic E-state index is 12.5. The maximum Gasteiger partial charge on any atom is 0.408 e. The number of amides is 1. The van der Waals surface area contributed by atoms with E-state index in [0.717, 1.165) is 28.1 Å². The van der Waals surface area contributed by atoms with Crippen molar-refractivity contribution in [3.8, 4) is 5.75 Å². The lowest BCUT2D eigenvalue weighted by atomic mass is 9.90. The number of halogens is 1. The van der Waals surface area contributed by atoms with E-state index in [0.29, 0.717) is 29.3 Å². The van der Waals surface area contributed by atoms with Gasteiger partial charge in [-0.3, -0.25) is 0 Å². The number of alkyl carbamates (subject to hydrolysis) is 1. The van der Waals surface area contributed by atoms with Gasteiger partial charge >= 0.3 is 6.09 Å². The Balaban J connectivity index is 1.45. The van der Waals surface area contributed by atoms with Crippen molar-refractivity contribution in [1.29, 1.82) is 0 Å². The predicted molar refractivity (Wildman–Crippen MR) is 169 cm³/mol. The first-order valence-electron chi connectivity index (χ1n) is 14.0. The number of ether oxygens (including phenoxy) is 2. The van der Waals surface area contributed by atoms with Gasteiger partial charge in [0, 0.05) is 22.8 Å². The fourth-order valence-electron chi connectivity index (χ4n) is 4.47. The Hall–Kier alpha value is -4.00. The number of rotatable bonds is 10. The van der Waals surface area contributed by atoms with E-state index in [4.69, 9.17) is 21.1 Å². The summed E-state index contributed by atoms with van der Waals surface area (Å²) in [4.78, 5) is 12.5. The minimum atomic E-state index is -0.947. The Morgan fingerprint density at radius 3 is 2.26 bits per heavy atom. The lowest BCUT2D eigenvalue weighted by Crippen LogP contribution is -2.43. The topological polar surface area (TPSA) is 79.8 Å². The van der Waals surface area contributed by atoms with Crippen molar-refractivity contribution in [2.24, 2.45) is 0 Å². The van der Waals surface area contributed by atoms with Crippen LogP contribution in [-0.2, 0) is 23.4 Å². The molecule has 4 rings (SSSR count). The standard InChI is InChI=1S/C35H39ClN2O4/c1-34(2,3)42-33(40)38-35(4,5)27-13-9-12-26(20-27)32(39)30-21-28(36)16-19-31(30)37-22-24-14-17-29(18-15-24)41-23-25-10-7-6-8-11-25/h6-21,32,37,39H,22-23H2,1-5H3,(H,38,40). The van der Waals surface area contributed by atoms with E-state index < -0.39 is 23.3 Å². The highest BCUT2D eigenvalue weighted by Crippen LogP contribution is 2.33. The predicted octanol–water partition coefficient (Wildman–Crippen LogP) is 8.37. The largest absolute Gasteiger partial charge is 0.489 e. The monoisotopic (exact) mass is 586 g/mol. The molecule has 1 amide bonds. The highest BCUT2D eigenvalue weighted by Gasteiger charge is 2.27. The van der Waals surface area contributed by atoms with Crippen LogP contribution in [0.25, 0.3) is 0 Å². The molecule has 1 atom stereocenters. The average molecular weight is 587 g/mol. The van der Waals surface area contributed by atoms with Gasteiger partial charge in [0.25, 0.3) is 0 Å². The SMILES string of the molecule is CC(C)(C)OC(=O)NC(C)(C)c1cccc(C(O)c2cc(Cl)ccc2NCc2ccc(OCc3ccccc3)cc2)c1. The van der Waals surface area contributed by atoms with Crippen molar-refractivity contribution in [2.45, 2.75) is 65.0 Å². The number of aliphatic hydroxyl groups excluding tert-OH is 1. The van der Waals surface area contributed by atoms with Gasteiger partial charge in [-0.2, -0.15) is 0 Å². The molecule has 6 nitrogen and oxygen atoms in total. The lowest BCUT2D eigenvalue weighted by molar-refractivity contribution is 0.0470. The number of carbonyl (C=O) groups is 1. The number of benzene rings is 4. The van der Waals surface area contributed by atoms with Crippen LogP contribution in [0.15, 0.2) is 97.1 Å². The van der Waals surface area contributed by atoms with Crippen LogP contribution in [0.3, 0.4) is 0 Å². The third kappa shape index (κ3) is 8.75. The molecule has 0 fully saturated rings. The van der Waals surface area contributed by atoms with Crippen molar-refractivity contribution < 1.29 is 19.4 Å². The second-order valence-electron chi connectivity index (χ2n) is 11.8. The van der Waals surface area contributed by atoms with Crippen molar-refractivity contribution in [1.82, 2.24) is 5.32 Å². The Morgan fingerprint density at radius 1 is 0.857 bits per heavy atom. The first-order chi connectivity index (χ1) is 19.9. The van der Waals surface area contributed by atoms with Gasteiger partial charge in [-0.1, -0.05) is 78.3 Å². The molecule has 0 aliphatic rings. The Labute approximate surface area is 253 Å². The van der Waals surface area contributed by atoms with Gasteiger partial charge < -0.3 is 25.2 Å². The molecule has 0 saturated heterocycles. The third-order valence-corrected chi connectivity index (χ3v) is 6.94. The number of nitrogens with one attached hydrogen (secondary N) is 2. The molecule has 42 heavy (non-hydrogen) atoms. The molecular weight excluding hydrogens is 548 g/mol. The van der Waals surface area contributed by atoms with E-state index in [1.165, 1.54) is 0 Å². The summed E-state index contributed by atoms with van der Waals surface area (Å²) < 4.78 is 11.3. The molecule has 0 spiro atoms. The summed E-state index contributed by atoms with van der Waals surface area (Å²) in [5.41, 5.74) is 3.78. The summed E-state index contributed by atoms with van der Waals surface area (Å²) >= 11 is 6.36. The quantitative estimate of drug-likeness (QED) is 0.174. The molecule has 0 saturated carbocycles. The summed E-state index contributed by atoms with van der Waals surface area (Å²) in [5, 5.41) is 18.4. The van der Waals surface area contributed by atoms with Crippen molar-refractivity contribution >= 4 is 23.4 Å². The molecular formula is C35H39ClN2O4. The van der Waals surface area contributed by atoms with Crippen LogP contribution in [0.2, 0.25) is 5.02 Å². The highest BCUT2D eigenvalue weighted by atomic mass is 35.5. The number of carbonyl (C=O) groups excluding carboxylic acids is 1. The molecule has 4 aromatic rings. The van der Waals surface area contributed by atoms with Crippen LogP contribution in [0, 0.1) is 0 Å². The van der Waals surface area contributed by atoms with Crippen LogP contribution >= 0.6 is 11.6 Å². The molecule has 220 valence electrons. The Kier molecular flexibility index (Phi) is 9.81. The van der Waals surface area contributed by atoms with Crippen LogP contribution in [0.1, 0.15) is 68.5 Å². The van der Waals surface area contributed by atoms with E-state index in [9.17, 15) is 9.90 Å². The molecule has 1 unspecified atom stereocenters. The molecule has 0 radical (unpaired) electrons. The van der Waals surface area contributed by atoms with Crippen LogP contribution in [-0.4, -0.2) is 16.8 Å². The zero-order valence-corrected chi connectivity index (χ0v) is 25.5. The number of hydrogen-bond donors (Lipinski definition) is 3. The lowest BCUT2D eigenvalue weighted by Gasteiger charge is -2.30. The van der Waals surface area contributed by atoms with Crippen molar-refractivity contribution in [3.63, 3.8) is 0 Å². The fraction of sp³-hybridized carbons (Fsp3) is 0.286. The van der Waals surface area contributed by atoms with Gasteiger partial charge in [0.1, 0.15) is 24.1 Å². The third-order valence-electron chi connectivity index (χ3n) is 6.70. The van der Waals surface area contributed by atoms with Crippen LogP contribution in [0.4, 0.5) is 10.5 Å². The molecule has 0 bridgehead atoms. The molecule has 0 aliphatic heterocycles. The van der Waals surface area contributed by atoms with Crippen LogP contribution in [0.5, 0.6) is 5.75 Å². The van der Waals surface area contributed by atoms with E-state index in [-0.39, 0.29) is 0 Å². The number of hydrogen-bond acceptors (Lipinski definition) is 5. The second kappa shape index (κ2) is 13.3. The fourth-order valence-corrected chi connectivity index (χ4v) is 4.65. The zero-order chi connectivity index (χ0) is 30.3. The summed E-state index contributed by atoms with van der Waals surface area (Å²) in [6.07, 6.45) is -1.45. The van der Waals surface area contributed by atoms with Gasteiger partial charge in [0.15, 0.2) is 0 Å². The first-order valence-corrected chi connectivity index (χ1v) is 14.4. The normalized spacial score (nSPS) is 12.4. The van der Waals surface area contributed by atoms with Gasteiger partial charge in [-0.25, -0.2) is 4.79 Å². The highest BCUT2D eigenvalue weighted by molar-refractivity contribution is 6.30. The Morgan fingerprint density at radius 2 is 1.57 bits per heavy atom. The van der Waals surface area contributed by atoms with Crippen LogP contribution < -0.4 is 15.4 Å². The van der Waals surface area contributed by atoms with Crippen molar-refractivity contribution in [2.75, 3.05) is 5.32 Å². The van der Waals surface area contributed by atoms with E-state index >= 15 is 0 Å². The van der Waals surface area contributed by atoms with Crippen molar-refractivity contribution in [3.05, 3.63) is 130 Å². The van der Waals surface area contributed by atoms with Gasteiger partial charge in [0.05, 0.1) is 5.54 Å². The molecule has 0 aliphatic carbocycles. The van der Waals surface area contributed by atoms with E-state index in [1.807, 2.05) is 120 Å². The smallest absolute Gasteiger partial charge is 0.408 e. The molecule has 3 N–H and O–H groups in total. The second-order valence-corrected chi connectivity index (χ2v) is 12.2. The van der Waals surface area contributed by atoms with Gasteiger partial charge in [-0.15, -0.1) is 0 Å². The minimum absolute atomic E-state index is 0.504. The summed E-state index contributed by atoms with van der Waals surface area (Å²) in [5.74, 6) is 0.800. The number of aliphatic hydroxyl groups is 1. The van der Waals surface area contributed by atoms with E-state index in [2.05, 4.69) is 10.6 Å². The number of anilines is 1. The summed E-state index contributed by atoms with van der Waals surface area (Å²) in [7, 11) is 0. The summed E-state index contributed by atoms with van der Waals surface area (Å²) in [6.45, 7) is 10.3. The molecule has 0 heterocycles. The minimum Gasteiger partial charge on any atom is -0.489 e. The average Bonchev–Trinajstić information content (AvgIpc) is 2.95. The summed E-state index contributed by atoms with van der Waals surface area (Å²) in [6, 6.07) is 31.0. The zero-order valence-electron chi connectivity index (χ0n) is 24.8. The molecule has 0 aromatic heterocycles. The maximum absolute atomic E-state index is 12.5. The Bertz CT molecular complexity index is 1480. The molecule has 7 heteroatoms. The first kappa shape index (κ1) is 30.9. The molecule has 4 aromatic carbocycles. The van der Waals surface area contributed by atoms with E-state index in [1.54, 1.807) is 12.1 Å². The van der Waals surface area contributed by atoms with Gasteiger partial charge in [0.2, 0.25) is 0 Å². The van der Waals surface area contributed by atoms with Gasteiger partial charge in [-0.05, 0) is 87.2 Å².